The van der Waals surface area contributed by atoms with Crippen molar-refractivity contribution in [2.45, 2.75) is 0 Å². The Hall–Kier alpha value is -3.29. The number of aromatic nitrogens is 5. The molecule has 1 amide bonds. The van der Waals surface area contributed by atoms with E-state index in [9.17, 15) is 9.59 Å². The molecule has 0 fully saturated rings. The third kappa shape index (κ3) is 2.68. The minimum atomic E-state index is -0.466. The van der Waals surface area contributed by atoms with E-state index in [4.69, 9.17) is 0 Å². The molecule has 3 rings (SSSR count). The molecule has 8 heteroatoms. The van der Waals surface area contributed by atoms with Gasteiger partial charge in [0.2, 0.25) is 0 Å². The molecule has 21 heavy (non-hydrogen) atoms. The van der Waals surface area contributed by atoms with Crippen molar-refractivity contribution in [1.82, 2.24) is 25.2 Å². The van der Waals surface area contributed by atoms with Crippen molar-refractivity contribution >= 4 is 11.6 Å². The fourth-order valence-electron chi connectivity index (χ4n) is 1.77. The Kier molecular flexibility index (Phi) is 3.26. The molecule has 2 heterocycles. The van der Waals surface area contributed by atoms with E-state index in [0.717, 1.165) is 5.69 Å². The second-order valence-corrected chi connectivity index (χ2v) is 4.18. The Morgan fingerprint density at radius 1 is 1.19 bits per heavy atom. The average molecular weight is 282 g/mol. The lowest BCUT2D eigenvalue weighted by Gasteiger charge is -2.05. The quantitative estimate of drug-likeness (QED) is 0.732. The topological polar surface area (TPSA) is 106 Å². The lowest BCUT2D eigenvalue weighted by atomic mass is 10.2. The van der Waals surface area contributed by atoms with E-state index in [1.165, 1.54) is 29.5 Å². The van der Waals surface area contributed by atoms with Crippen molar-refractivity contribution in [3.63, 3.8) is 0 Å². The molecule has 2 N–H and O–H groups in total. The number of tetrazole rings is 1. The van der Waals surface area contributed by atoms with Crippen molar-refractivity contribution in [1.29, 1.82) is 0 Å². The van der Waals surface area contributed by atoms with Crippen LogP contribution in [0.3, 0.4) is 0 Å². The van der Waals surface area contributed by atoms with Gasteiger partial charge in [0.25, 0.3) is 5.91 Å². The highest BCUT2D eigenvalue weighted by Gasteiger charge is 2.09. The van der Waals surface area contributed by atoms with E-state index >= 15 is 0 Å². The summed E-state index contributed by atoms with van der Waals surface area (Å²) < 4.78 is 1.49. The molecule has 0 aliphatic rings. The maximum absolute atomic E-state index is 12.0. The number of hydrogen-bond donors (Lipinski definition) is 2. The fraction of sp³-hybridized carbons (Fsp3) is 0. The summed E-state index contributed by atoms with van der Waals surface area (Å²) in [4.78, 5) is 26.2. The maximum atomic E-state index is 12.0. The van der Waals surface area contributed by atoms with E-state index in [2.05, 4.69) is 25.8 Å². The Morgan fingerprint density at radius 3 is 2.67 bits per heavy atom. The number of nitrogens with one attached hydrogen (secondary N) is 2. The highest BCUT2D eigenvalue weighted by atomic mass is 16.2. The molecule has 0 saturated heterocycles. The number of rotatable bonds is 3. The van der Waals surface area contributed by atoms with Gasteiger partial charge >= 0.3 is 0 Å². The Labute approximate surface area is 118 Å². The molecule has 0 radical (unpaired) electrons. The number of aromatic amines is 1. The Balaban J connectivity index is 1.78. The lowest BCUT2D eigenvalue weighted by molar-refractivity contribution is 0.102. The number of anilines is 1. The fourth-order valence-corrected chi connectivity index (χ4v) is 1.77. The molecule has 0 aliphatic carbocycles. The number of carbonyl (C=O) groups is 1. The Bertz CT molecular complexity index is 807. The number of benzene rings is 1. The zero-order valence-corrected chi connectivity index (χ0v) is 10.7. The van der Waals surface area contributed by atoms with Gasteiger partial charge in [-0.3, -0.25) is 9.59 Å². The third-order valence-electron chi connectivity index (χ3n) is 2.81. The van der Waals surface area contributed by atoms with Crippen LogP contribution in [0.5, 0.6) is 0 Å². The Morgan fingerprint density at radius 2 is 2.00 bits per heavy atom. The van der Waals surface area contributed by atoms with Crippen molar-refractivity contribution in [3.8, 4) is 5.69 Å². The first-order chi connectivity index (χ1) is 10.2. The largest absolute Gasteiger partial charge is 0.367 e. The minimum absolute atomic E-state index is 0.0575. The predicted molar refractivity (Wildman–Crippen MR) is 74.2 cm³/mol. The van der Waals surface area contributed by atoms with Gasteiger partial charge in [-0.05, 0) is 34.7 Å². The molecule has 0 aliphatic heterocycles. The van der Waals surface area contributed by atoms with Gasteiger partial charge in [-0.2, -0.15) is 0 Å². The zero-order valence-electron chi connectivity index (χ0n) is 10.7. The standard InChI is InChI=1S/C13H10N6O2/c20-12-5-6-14-7-11(12)13(21)16-9-1-3-10(4-2-9)19-8-15-17-18-19/h1-8H,(H,14,20)(H,16,21). The molecule has 1 aromatic carbocycles. The van der Waals surface area contributed by atoms with Crippen LogP contribution in [-0.2, 0) is 0 Å². The first-order valence-electron chi connectivity index (χ1n) is 6.06. The summed E-state index contributed by atoms with van der Waals surface area (Å²) in [7, 11) is 0. The molecule has 2 aromatic heterocycles. The van der Waals surface area contributed by atoms with Crippen LogP contribution >= 0.6 is 0 Å². The second kappa shape index (κ2) is 5.37. The van der Waals surface area contributed by atoms with Crippen LogP contribution in [0.1, 0.15) is 10.4 Å². The average Bonchev–Trinajstić information content (AvgIpc) is 3.02. The van der Waals surface area contributed by atoms with Crippen molar-refractivity contribution in [3.05, 3.63) is 64.8 Å². The number of nitrogens with zero attached hydrogens (tertiary/aromatic N) is 4. The number of carbonyl (C=O) groups excluding carboxylic acids is 1. The van der Waals surface area contributed by atoms with Gasteiger partial charge in [0.15, 0.2) is 5.43 Å². The molecule has 0 saturated carbocycles. The van der Waals surface area contributed by atoms with Crippen LogP contribution in [0.2, 0.25) is 0 Å². The minimum Gasteiger partial charge on any atom is -0.367 e. The van der Waals surface area contributed by atoms with E-state index < -0.39 is 5.91 Å². The smallest absolute Gasteiger partial charge is 0.261 e. The van der Waals surface area contributed by atoms with Crippen LogP contribution in [0.25, 0.3) is 5.69 Å². The van der Waals surface area contributed by atoms with Crippen molar-refractivity contribution < 1.29 is 4.79 Å². The van der Waals surface area contributed by atoms with Gasteiger partial charge in [-0.1, -0.05) is 0 Å². The summed E-state index contributed by atoms with van der Waals surface area (Å²) in [6.45, 7) is 0. The second-order valence-electron chi connectivity index (χ2n) is 4.18. The first kappa shape index (κ1) is 12.7. The first-order valence-corrected chi connectivity index (χ1v) is 6.06. The number of amides is 1. The summed E-state index contributed by atoms with van der Waals surface area (Å²) >= 11 is 0. The monoisotopic (exact) mass is 282 g/mol. The van der Waals surface area contributed by atoms with E-state index in [-0.39, 0.29) is 11.0 Å². The lowest BCUT2D eigenvalue weighted by Crippen LogP contribution is -2.20. The molecule has 0 unspecified atom stereocenters. The highest BCUT2D eigenvalue weighted by molar-refractivity contribution is 6.03. The van der Waals surface area contributed by atoms with E-state index in [1.807, 2.05) is 0 Å². The number of pyridine rings is 1. The summed E-state index contributed by atoms with van der Waals surface area (Å²) in [6.07, 6.45) is 4.31. The molecule has 0 spiro atoms. The van der Waals surface area contributed by atoms with Crippen LogP contribution in [0.4, 0.5) is 5.69 Å². The van der Waals surface area contributed by atoms with Crippen LogP contribution < -0.4 is 10.7 Å². The molecular weight excluding hydrogens is 272 g/mol. The molecule has 0 bridgehead atoms. The summed E-state index contributed by atoms with van der Waals surface area (Å²) in [5.41, 5.74) is 1.05. The summed E-state index contributed by atoms with van der Waals surface area (Å²) in [5.74, 6) is -0.466. The van der Waals surface area contributed by atoms with Gasteiger partial charge < -0.3 is 10.3 Å². The van der Waals surface area contributed by atoms with E-state index in [0.29, 0.717) is 5.69 Å². The van der Waals surface area contributed by atoms with Crippen LogP contribution in [0.15, 0.2) is 53.8 Å². The highest BCUT2D eigenvalue weighted by Crippen LogP contribution is 2.12. The van der Waals surface area contributed by atoms with Gasteiger partial charge in [0.05, 0.1) is 5.69 Å². The third-order valence-corrected chi connectivity index (χ3v) is 2.81. The molecule has 0 atom stereocenters. The SMILES string of the molecule is O=C(Nc1ccc(-n2cnnn2)cc1)c1c[nH]ccc1=O. The van der Waals surface area contributed by atoms with Gasteiger partial charge in [0, 0.05) is 24.1 Å². The number of hydrogen-bond acceptors (Lipinski definition) is 5. The van der Waals surface area contributed by atoms with Gasteiger partial charge in [0.1, 0.15) is 11.9 Å². The predicted octanol–water partition coefficient (Wildman–Crippen LogP) is 0.603. The summed E-state index contributed by atoms with van der Waals surface area (Å²) in [5, 5.41) is 13.5. The zero-order chi connectivity index (χ0) is 14.7. The van der Waals surface area contributed by atoms with Gasteiger partial charge in [-0.25, -0.2) is 4.68 Å². The summed E-state index contributed by atoms with van der Waals surface area (Å²) in [6, 6.07) is 8.20. The maximum Gasteiger partial charge on any atom is 0.261 e. The molecule has 8 nitrogen and oxygen atoms in total. The van der Waals surface area contributed by atoms with E-state index in [1.54, 1.807) is 24.3 Å². The van der Waals surface area contributed by atoms with Crippen molar-refractivity contribution in [2.24, 2.45) is 0 Å². The van der Waals surface area contributed by atoms with Crippen LogP contribution in [-0.4, -0.2) is 31.1 Å². The van der Waals surface area contributed by atoms with Crippen LogP contribution in [0, 0.1) is 0 Å². The molecular formula is C13H10N6O2. The van der Waals surface area contributed by atoms with Crippen molar-refractivity contribution in [2.75, 3.05) is 5.32 Å². The van der Waals surface area contributed by atoms with Gasteiger partial charge in [-0.15, -0.1) is 5.10 Å². The number of H-pyrrole nitrogens is 1. The normalized spacial score (nSPS) is 10.3. The molecule has 3 aromatic rings. The molecule has 104 valence electrons.